The minimum absolute atomic E-state index is 0.227. The van der Waals surface area contributed by atoms with E-state index in [0.29, 0.717) is 10.6 Å². The molecule has 30 heavy (non-hydrogen) atoms. The minimum atomic E-state index is -1.04. The highest BCUT2D eigenvalue weighted by Gasteiger charge is 2.46. The highest BCUT2D eigenvalue weighted by Crippen LogP contribution is 2.24. The number of nitrogens with zero attached hydrogens (tertiary/aromatic N) is 2. The van der Waals surface area contributed by atoms with E-state index in [1.54, 1.807) is 12.1 Å². The second-order valence-electron chi connectivity index (χ2n) is 7.15. The Bertz CT molecular complexity index is 1020. The SMILES string of the molecule is COc1ccc(N2C(=O)C(=O)N(CC(=O)N[C@H](C)c3ccc(C)c(C)c3)C2=O)cc1. The lowest BCUT2D eigenvalue weighted by Crippen LogP contribution is -2.42. The maximum atomic E-state index is 12.7. The maximum absolute atomic E-state index is 12.7. The van der Waals surface area contributed by atoms with Crippen LogP contribution >= 0.6 is 0 Å². The quantitative estimate of drug-likeness (QED) is 0.584. The van der Waals surface area contributed by atoms with Crippen LogP contribution in [0, 0.1) is 13.8 Å². The molecule has 3 rings (SSSR count). The number of anilines is 1. The van der Waals surface area contributed by atoms with Crippen LogP contribution < -0.4 is 15.0 Å². The molecule has 0 radical (unpaired) electrons. The van der Waals surface area contributed by atoms with Gasteiger partial charge in [-0.05, 0) is 61.7 Å². The van der Waals surface area contributed by atoms with Crippen molar-refractivity contribution in [1.29, 1.82) is 0 Å². The van der Waals surface area contributed by atoms with Gasteiger partial charge in [0.15, 0.2) is 0 Å². The molecule has 1 aliphatic heterocycles. The van der Waals surface area contributed by atoms with Crippen LogP contribution in [0.3, 0.4) is 0 Å². The molecule has 1 saturated heterocycles. The van der Waals surface area contributed by atoms with E-state index in [1.807, 2.05) is 39.0 Å². The number of urea groups is 1. The molecule has 0 bridgehead atoms. The molecule has 8 heteroatoms. The molecule has 1 fully saturated rings. The zero-order valence-electron chi connectivity index (χ0n) is 17.3. The standard InChI is InChI=1S/C22H23N3O5/c1-13-5-6-16(11-14(13)2)15(3)23-19(26)12-24-20(27)21(28)25(22(24)29)17-7-9-18(30-4)10-8-17/h5-11,15H,12H2,1-4H3,(H,23,26)/t15-/m1/s1. The Balaban J connectivity index is 1.70. The Morgan fingerprint density at radius 3 is 2.27 bits per heavy atom. The summed E-state index contributed by atoms with van der Waals surface area (Å²) < 4.78 is 5.05. The van der Waals surface area contributed by atoms with Gasteiger partial charge >= 0.3 is 17.8 Å². The average Bonchev–Trinajstić information content (AvgIpc) is 2.93. The van der Waals surface area contributed by atoms with Gasteiger partial charge in [-0.15, -0.1) is 0 Å². The highest BCUT2D eigenvalue weighted by atomic mass is 16.5. The van der Waals surface area contributed by atoms with Crippen molar-refractivity contribution in [2.45, 2.75) is 26.8 Å². The number of rotatable bonds is 6. The average molecular weight is 409 g/mol. The van der Waals surface area contributed by atoms with Gasteiger partial charge in [-0.2, -0.15) is 0 Å². The van der Waals surface area contributed by atoms with E-state index in [-0.39, 0.29) is 11.7 Å². The number of carbonyl (C=O) groups excluding carboxylic acids is 4. The van der Waals surface area contributed by atoms with Gasteiger partial charge in [-0.3, -0.25) is 14.4 Å². The van der Waals surface area contributed by atoms with E-state index in [9.17, 15) is 19.2 Å². The summed E-state index contributed by atoms with van der Waals surface area (Å²) in [5.74, 6) is -2.03. The summed E-state index contributed by atoms with van der Waals surface area (Å²) in [7, 11) is 1.49. The van der Waals surface area contributed by atoms with E-state index in [2.05, 4.69) is 5.32 Å². The summed E-state index contributed by atoms with van der Waals surface area (Å²) >= 11 is 0. The van der Waals surface area contributed by atoms with Crippen LogP contribution in [0.2, 0.25) is 0 Å². The molecule has 2 aromatic rings. The van der Waals surface area contributed by atoms with E-state index in [4.69, 9.17) is 4.74 Å². The monoisotopic (exact) mass is 409 g/mol. The van der Waals surface area contributed by atoms with Gasteiger partial charge in [0.05, 0.1) is 18.8 Å². The Labute approximate surface area is 174 Å². The van der Waals surface area contributed by atoms with Crippen LogP contribution in [0.25, 0.3) is 0 Å². The second-order valence-corrected chi connectivity index (χ2v) is 7.15. The van der Waals surface area contributed by atoms with Crippen molar-refractivity contribution in [3.05, 3.63) is 59.2 Å². The molecule has 5 amide bonds. The molecule has 1 N–H and O–H groups in total. The van der Waals surface area contributed by atoms with Crippen molar-refractivity contribution in [1.82, 2.24) is 10.2 Å². The van der Waals surface area contributed by atoms with Gasteiger partial charge in [0.25, 0.3) is 0 Å². The third kappa shape index (κ3) is 4.03. The summed E-state index contributed by atoms with van der Waals surface area (Å²) in [5.41, 5.74) is 3.37. The van der Waals surface area contributed by atoms with Gasteiger partial charge in [-0.25, -0.2) is 14.6 Å². The van der Waals surface area contributed by atoms with E-state index >= 15 is 0 Å². The number of imide groups is 2. The number of benzene rings is 2. The van der Waals surface area contributed by atoms with E-state index in [0.717, 1.165) is 21.6 Å². The molecule has 2 aromatic carbocycles. The molecule has 0 aliphatic carbocycles. The molecular weight excluding hydrogens is 386 g/mol. The fourth-order valence-corrected chi connectivity index (χ4v) is 3.15. The van der Waals surface area contributed by atoms with Gasteiger partial charge < -0.3 is 10.1 Å². The molecular formula is C22H23N3O5. The van der Waals surface area contributed by atoms with Crippen molar-refractivity contribution in [2.75, 3.05) is 18.6 Å². The molecule has 0 saturated carbocycles. The Kier molecular flexibility index (Phi) is 5.86. The van der Waals surface area contributed by atoms with Crippen LogP contribution in [0.1, 0.15) is 29.7 Å². The van der Waals surface area contributed by atoms with Crippen molar-refractivity contribution in [3.63, 3.8) is 0 Å². The van der Waals surface area contributed by atoms with Gasteiger partial charge in [-0.1, -0.05) is 18.2 Å². The van der Waals surface area contributed by atoms with Gasteiger partial charge in [0.1, 0.15) is 12.3 Å². The maximum Gasteiger partial charge on any atom is 0.339 e. The van der Waals surface area contributed by atoms with Crippen LogP contribution in [-0.2, 0) is 14.4 Å². The zero-order valence-corrected chi connectivity index (χ0v) is 17.3. The molecule has 0 spiro atoms. The first-order valence-corrected chi connectivity index (χ1v) is 9.43. The number of carbonyl (C=O) groups is 4. The normalized spacial score (nSPS) is 14.9. The van der Waals surface area contributed by atoms with Crippen LogP contribution in [-0.4, -0.2) is 42.3 Å². The predicted octanol–water partition coefficient (Wildman–Crippen LogP) is 2.48. The number of methoxy groups -OCH3 is 1. The lowest BCUT2D eigenvalue weighted by atomic mass is 10.0. The number of nitrogens with one attached hydrogen (secondary N) is 1. The molecule has 1 heterocycles. The van der Waals surface area contributed by atoms with Crippen LogP contribution in [0.5, 0.6) is 5.75 Å². The number of hydrogen-bond acceptors (Lipinski definition) is 5. The van der Waals surface area contributed by atoms with Crippen molar-refractivity contribution < 1.29 is 23.9 Å². The third-order valence-electron chi connectivity index (χ3n) is 5.09. The lowest BCUT2D eigenvalue weighted by Gasteiger charge is -2.18. The fourth-order valence-electron chi connectivity index (χ4n) is 3.15. The van der Waals surface area contributed by atoms with Crippen molar-refractivity contribution >= 4 is 29.4 Å². The largest absolute Gasteiger partial charge is 0.497 e. The summed E-state index contributed by atoms with van der Waals surface area (Å²) in [6.45, 7) is 5.25. The van der Waals surface area contributed by atoms with Crippen molar-refractivity contribution in [2.24, 2.45) is 0 Å². The first kappa shape index (κ1) is 21.0. The molecule has 156 valence electrons. The number of ether oxygens (including phenoxy) is 1. The first-order valence-electron chi connectivity index (χ1n) is 9.43. The summed E-state index contributed by atoms with van der Waals surface area (Å²) in [6, 6.07) is 10.8. The van der Waals surface area contributed by atoms with Crippen LogP contribution in [0.4, 0.5) is 10.5 Å². The minimum Gasteiger partial charge on any atom is -0.497 e. The number of amides is 5. The topological polar surface area (TPSA) is 96.0 Å². The second kappa shape index (κ2) is 8.36. The smallest absolute Gasteiger partial charge is 0.339 e. The predicted molar refractivity (Wildman–Crippen MR) is 110 cm³/mol. The Morgan fingerprint density at radius 1 is 1.00 bits per heavy atom. The molecule has 1 aliphatic rings. The van der Waals surface area contributed by atoms with Gasteiger partial charge in [0.2, 0.25) is 5.91 Å². The number of aryl methyl sites for hydroxylation is 2. The van der Waals surface area contributed by atoms with E-state index < -0.39 is 30.3 Å². The third-order valence-corrected chi connectivity index (χ3v) is 5.09. The summed E-state index contributed by atoms with van der Waals surface area (Å²) in [5, 5.41) is 2.76. The summed E-state index contributed by atoms with van der Waals surface area (Å²) in [4.78, 5) is 51.1. The Morgan fingerprint density at radius 2 is 1.67 bits per heavy atom. The highest BCUT2D eigenvalue weighted by molar-refractivity contribution is 6.53. The first-order chi connectivity index (χ1) is 14.2. The molecule has 0 unspecified atom stereocenters. The van der Waals surface area contributed by atoms with Crippen LogP contribution in [0.15, 0.2) is 42.5 Å². The summed E-state index contributed by atoms with van der Waals surface area (Å²) in [6.07, 6.45) is 0. The van der Waals surface area contributed by atoms with Gasteiger partial charge in [0, 0.05) is 0 Å². The lowest BCUT2D eigenvalue weighted by molar-refractivity contribution is -0.140. The molecule has 0 aromatic heterocycles. The number of hydrogen-bond donors (Lipinski definition) is 1. The Hall–Kier alpha value is -3.68. The van der Waals surface area contributed by atoms with E-state index in [1.165, 1.54) is 19.2 Å². The zero-order chi connectivity index (χ0) is 22.0. The molecule has 1 atom stereocenters. The fraction of sp³-hybridized carbons (Fsp3) is 0.273. The molecule has 8 nitrogen and oxygen atoms in total. The van der Waals surface area contributed by atoms with Crippen molar-refractivity contribution in [3.8, 4) is 5.75 Å².